The molecule has 0 bridgehead atoms. The molecule has 14 heteroatoms. The van der Waals surface area contributed by atoms with E-state index in [0.717, 1.165) is 0 Å². The lowest BCUT2D eigenvalue weighted by Gasteiger charge is -2.43. The Labute approximate surface area is 239 Å². The lowest BCUT2D eigenvalue weighted by Crippen LogP contribution is -2.60. The van der Waals surface area contributed by atoms with Crippen LogP contribution in [0, 0.1) is 12.3 Å². The molecule has 3 heterocycles. The first kappa shape index (κ1) is 32.8. The smallest absolute Gasteiger partial charge is 0.330 e. The van der Waals surface area contributed by atoms with E-state index >= 15 is 0 Å². The summed E-state index contributed by atoms with van der Waals surface area (Å²) in [7, 11) is -9.41. The zero-order chi connectivity index (χ0) is 30.9. The molecular formula is C26H45N3O8SSi2. The molecule has 4 unspecified atom stereocenters. The van der Waals surface area contributed by atoms with Gasteiger partial charge >= 0.3 is 5.69 Å². The molecule has 1 aromatic heterocycles. The third-order valence-corrected chi connectivity index (χ3v) is 19.4. The van der Waals surface area contributed by atoms with Gasteiger partial charge in [-0.3, -0.25) is 14.3 Å². The number of nitrogens with zero attached hydrogens (tertiary/aromatic N) is 1. The molecule has 40 heavy (non-hydrogen) atoms. The zero-order valence-electron chi connectivity index (χ0n) is 25.7. The van der Waals surface area contributed by atoms with E-state index in [4.69, 9.17) is 23.2 Å². The monoisotopic (exact) mass is 615 g/mol. The molecule has 2 aliphatic rings. The van der Waals surface area contributed by atoms with Gasteiger partial charge in [0.2, 0.25) is 0 Å². The Hall–Kier alpha value is -1.69. The first-order valence-electron chi connectivity index (χ1n) is 13.4. The standard InChI is InChI=1S/C26H45N3O8SSi2/c1-13-17-19(27)26(37-38(17,32)33)18(15-34-39(9,10)24(3,4)5)35-22(20(26)36-40(11,12)25(6,7)8)29-14-16(2)21(30)28-23(29)31/h13-14,18,20,22,27H,15H2,1-12H3,(H,28,30,31)/b17-13+,27-19?. The van der Waals surface area contributed by atoms with Crippen molar-refractivity contribution in [1.82, 2.24) is 9.55 Å². The van der Waals surface area contributed by atoms with Crippen LogP contribution in [0.4, 0.5) is 0 Å². The fraction of sp³-hybridized carbons (Fsp3) is 0.731. The summed E-state index contributed by atoms with van der Waals surface area (Å²) < 4.78 is 53.5. The Morgan fingerprint density at radius 3 is 2.12 bits per heavy atom. The van der Waals surface area contributed by atoms with E-state index in [2.05, 4.69) is 38.8 Å². The summed E-state index contributed by atoms with van der Waals surface area (Å²) in [6, 6.07) is 0. The van der Waals surface area contributed by atoms with Gasteiger partial charge in [-0.1, -0.05) is 47.6 Å². The van der Waals surface area contributed by atoms with Crippen molar-refractivity contribution in [2.24, 2.45) is 0 Å². The average molecular weight is 616 g/mol. The van der Waals surface area contributed by atoms with Crippen molar-refractivity contribution in [2.75, 3.05) is 6.61 Å². The minimum absolute atomic E-state index is 0.0870. The number of aromatic nitrogens is 2. The van der Waals surface area contributed by atoms with Crippen molar-refractivity contribution in [3.63, 3.8) is 0 Å². The summed E-state index contributed by atoms with van der Waals surface area (Å²) >= 11 is 0. The maximum Gasteiger partial charge on any atom is 0.330 e. The predicted octanol–water partition coefficient (Wildman–Crippen LogP) is 4.18. The molecule has 2 saturated heterocycles. The van der Waals surface area contributed by atoms with Crippen molar-refractivity contribution in [3.05, 3.63) is 43.6 Å². The topological polar surface area (TPSA) is 150 Å². The second-order valence-electron chi connectivity index (χ2n) is 13.7. The molecule has 0 radical (unpaired) electrons. The van der Waals surface area contributed by atoms with Crippen LogP contribution in [0.2, 0.25) is 36.3 Å². The molecule has 2 fully saturated rings. The minimum atomic E-state index is -4.35. The summed E-state index contributed by atoms with van der Waals surface area (Å²) in [4.78, 5) is 27.3. The van der Waals surface area contributed by atoms with E-state index in [-0.39, 0.29) is 32.9 Å². The van der Waals surface area contributed by atoms with Crippen molar-refractivity contribution in [3.8, 4) is 0 Å². The number of hydrogen-bond acceptors (Lipinski definition) is 9. The van der Waals surface area contributed by atoms with Gasteiger partial charge in [0.05, 0.1) is 12.3 Å². The molecule has 2 aliphatic heterocycles. The van der Waals surface area contributed by atoms with Crippen LogP contribution in [-0.4, -0.2) is 64.7 Å². The molecule has 1 aromatic rings. The molecule has 226 valence electrons. The second kappa shape index (κ2) is 10.2. The maximum atomic E-state index is 13.3. The van der Waals surface area contributed by atoms with Crippen molar-refractivity contribution in [1.29, 1.82) is 5.41 Å². The van der Waals surface area contributed by atoms with Gasteiger partial charge in [0.25, 0.3) is 15.7 Å². The minimum Gasteiger partial charge on any atom is -0.414 e. The van der Waals surface area contributed by atoms with Gasteiger partial charge in [-0.05, 0) is 50.1 Å². The van der Waals surface area contributed by atoms with Gasteiger partial charge in [-0.25, -0.2) is 8.98 Å². The highest BCUT2D eigenvalue weighted by Crippen LogP contribution is 2.52. The van der Waals surface area contributed by atoms with E-state index in [1.165, 1.54) is 23.8 Å². The summed E-state index contributed by atoms with van der Waals surface area (Å²) in [5.41, 5.74) is -3.26. The molecule has 0 aromatic carbocycles. The molecule has 0 amide bonds. The van der Waals surface area contributed by atoms with Crippen LogP contribution >= 0.6 is 0 Å². The lowest BCUT2D eigenvalue weighted by atomic mass is 9.86. The van der Waals surface area contributed by atoms with Gasteiger partial charge in [0.1, 0.15) is 17.1 Å². The van der Waals surface area contributed by atoms with Gasteiger partial charge in [0.15, 0.2) is 28.5 Å². The zero-order valence-corrected chi connectivity index (χ0v) is 28.5. The lowest BCUT2D eigenvalue weighted by molar-refractivity contribution is -0.0528. The Morgan fingerprint density at radius 2 is 1.65 bits per heavy atom. The largest absolute Gasteiger partial charge is 0.414 e. The van der Waals surface area contributed by atoms with Gasteiger partial charge < -0.3 is 19.0 Å². The average Bonchev–Trinajstić information content (AvgIpc) is 3.17. The third kappa shape index (κ3) is 5.43. The van der Waals surface area contributed by atoms with Crippen molar-refractivity contribution < 1.29 is 26.2 Å². The highest BCUT2D eigenvalue weighted by atomic mass is 32.2. The van der Waals surface area contributed by atoms with E-state index in [1.807, 2.05) is 33.9 Å². The van der Waals surface area contributed by atoms with Crippen LogP contribution in [0.3, 0.4) is 0 Å². The SMILES string of the molecule is C/C=C1\C(=N)C2(OS1(=O)=O)C(CO[Si](C)(C)C(C)(C)C)OC(n1cc(C)c(=O)[nH]c1=O)C2O[Si](C)(C)C(C)(C)C. The number of hydrogen-bond donors (Lipinski definition) is 2. The molecule has 1 spiro atoms. The molecular weight excluding hydrogens is 571 g/mol. The van der Waals surface area contributed by atoms with E-state index in [9.17, 15) is 18.0 Å². The van der Waals surface area contributed by atoms with Gasteiger partial charge in [-0.2, -0.15) is 8.42 Å². The first-order chi connectivity index (χ1) is 17.9. The first-order valence-corrected chi connectivity index (χ1v) is 20.7. The number of rotatable bonds is 6. The summed E-state index contributed by atoms with van der Waals surface area (Å²) in [6.07, 6.45) is -0.852. The van der Waals surface area contributed by atoms with Gasteiger partial charge in [-0.15, -0.1) is 0 Å². The van der Waals surface area contributed by atoms with Crippen LogP contribution in [0.1, 0.15) is 60.3 Å². The molecule has 2 N–H and O–H groups in total. The van der Waals surface area contributed by atoms with Crippen molar-refractivity contribution >= 4 is 32.5 Å². The molecule has 0 aliphatic carbocycles. The Balaban J connectivity index is 2.31. The van der Waals surface area contributed by atoms with E-state index in [0.29, 0.717) is 0 Å². The second-order valence-corrected chi connectivity index (χ2v) is 24.8. The van der Waals surface area contributed by atoms with Crippen molar-refractivity contribution in [2.45, 2.75) is 116 Å². The number of aryl methyl sites for hydroxylation is 1. The van der Waals surface area contributed by atoms with Crippen LogP contribution in [0.25, 0.3) is 0 Å². The normalized spacial score (nSPS) is 28.6. The Morgan fingerprint density at radius 1 is 1.10 bits per heavy atom. The Kier molecular flexibility index (Phi) is 8.40. The number of aromatic amines is 1. The number of H-pyrrole nitrogens is 1. The fourth-order valence-electron chi connectivity index (χ4n) is 4.30. The number of allylic oxidation sites excluding steroid dienone is 1. The highest BCUT2D eigenvalue weighted by molar-refractivity contribution is 7.92. The molecule has 0 saturated carbocycles. The third-order valence-electron chi connectivity index (χ3n) is 8.93. The molecule has 11 nitrogen and oxygen atoms in total. The van der Waals surface area contributed by atoms with E-state index < -0.39 is 62.0 Å². The number of ether oxygens (including phenoxy) is 1. The van der Waals surface area contributed by atoms with Crippen LogP contribution in [0.15, 0.2) is 26.8 Å². The summed E-state index contributed by atoms with van der Waals surface area (Å²) in [5.74, 6) is 0. The fourth-order valence-corrected chi connectivity index (χ4v) is 8.02. The molecule has 4 atom stereocenters. The quantitative estimate of drug-likeness (QED) is 0.358. The highest BCUT2D eigenvalue weighted by Gasteiger charge is 2.70. The van der Waals surface area contributed by atoms with E-state index in [1.54, 1.807) is 6.92 Å². The molecule has 3 rings (SSSR count). The number of nitrogens with one attached hydrogen (secondary N) is 2. The maximum absolute atomic E-state index is 13.3. The summed E-state index contributed by atoms with van der Waals surface area (Å²) in [5, 5.41) is 8.69. The predicted molar refractivity (Wildman–Crippen MR) is 159 cm³/mol. The van der Waals surface area contributed by atoms with Gasteiger partial charge in [0, 0.05) is 11.8 Å². The summed E-state index contributed by atoms with van der Waals surface area (Å²) in [6.45, 7) is 23.4. The van der Waals surface area contributed by atoms with Crippen LogP contribution in [0.5, 0.6) is 0 Å². The van der Waals surface area contributed by atoms with Crippen LogP contribution in [-0.2, 0) is 27.9 Å². The van der Waals surface area contributed by atoms with Crippen LogP contribution < -0.4 is 11.2 Å². The Bertz CT molecular complexity index is 1430.